The molecule has 0 unspecified atom stereocenters. The predicted molar refractivity (Wildman–Crippen MR) is 84.7 cm³/mol. The van der Waals surface area contributed by atoms with Crippen molar-refractivity contribution >= 4 is 33.9 Å². The molecule has 4 aromatic rings. The highest BCUT2D eigenvalue weighted by Gasteiger charge is 2.10. The topological polar surface area (TPSA) is 98.2 Å². The van der Waals surface area contributed by atoms with Gasteiger partial charge in [0.25, 0.3) is 5.69 Å². The van der Waals surface area contributed by atoms with Crippen LogP contribution in [0, 0.1) is 10.1 Å². The van der Waals surface area contributed by atoms with Gasteiger partial charge >= 0.3 is 0 Å². The highest BCUT2D eigenvalue weighted by molar-refractivity contribution is 5.82. The Morgan fingerprint density at radius 2 is 2.09 bits per heavy atom. The molecular formula is C15H10N6O2. The highest BCUT2D eigenvalue weighted by atomic mass is 16.6. The van der Waals surface area contributed by atoms with E-state index < -0.39 is 4.92 Å². The smallest absolute Gasteiger partial charge is 0.287 e. The number of aromatic nitrogens is 4. The van der Waals surface area contributed by atoms with E-state index in [0.717, 1.165) is 16.6 Å². The minimum atomic E-state index is -0.468. The number of hydrogen-bond acceptors (Lipinski definition) is 6. The number of fused-ring (bicyclic) bond motifs is 2. The molecule has 0 bridgehead atoms. The van der Waals surface area contributed by atoms with Gasteiger partial charge in [0.15, 0.2) is 5.65 Å². The molecule has 23 heavy (non-hydrogen) atoms. The zero-order chi connectivity index (χ0) is 15.8. The first kappa shape index (κ1) is 13.1. The summed E-state index contributed by atoms with van der Waals surface area (Å²) in [4.78, 5) is 18.9. The SMILES string of the molecule is O=[N+]([O-])c1ccc2nc(Nc3ccc4ncccc4c3)nn2c1. The first-order valence-electron chi connectivity index (χ1n) is 6.82. The summed E-state index contributed by atoms with van der Waals surface area (Å²) in [5.74, 6) is 0.369. The average molecular weight is 306 g/mol. The molecule has 0 fully saturated rings. The third kappa shape index (κ3) is 2.42. The molecule has 0 amide bonds. The first-order chi connectivity index (χ1) is 11.2. The van der Waals surface area contributed by atoms with Gasteiger partial charge in [0.2, 0.25) is 5.95 Å². The Balaban J connectivity index is 1.69. The number of hydrogen-bond donors (Lipinski definition) is 1. The molecule has 1 aromatic carbocycles. The van der Waals surface area contributed by atoms with Gasteiger partial charge in [0.1, 0.15) is 6.20 Å². The molecule has 8 heteroatoms. The molecule has 3 heterocycles. The van der Waals surface area contributed by atoms with E-state index in [0.29, 0.717) is 11.6 Å². The lowest BCUT2D eigenvalue weighted by atomic mass is 10.2. The fraction of sp³-hybridized carbons (Fsp3) is 0. The molecule has 0 spiro atoms. The van der Waals surface area contributed by atoms with Crippen molar-refractivity contribution in [3.8, 4) is 0 Å². The van der Waals surface area contributed by atoms with E-state index in [-0.39, 0.29) is 5.69 Å². The van der Waals surface area contributed by atoms with E-state index >= 15 is 0 Å². The Labute approximate surface area is 129 Å². The Bertz CT molecular complexity index is 1040. The number of anilines is 2. The Hall–Kier alpha value is -3.55. The number of nitrogens with zero attached hydrogens (tertiary/aromatic N) is 5. The maximum Gasteiger partial charge on any atom is 0.287 e. The molecule has 0 aliphatic rings. The molecule has 112 valence electrons. The van der Waals surface area contributed by atoms with Gasteiger partial charge in [-0.3, -0.25) is 15.1 Å². The van der Waals surface area contributed by atoms with Crippen LogP contribution in [0.2, 0.25) is 0 Å². The molecular weight excluding hydrogens is 296 g/mol. The number of benzene rings is 1. The van der Waals surface area contributed by atoms with Gasteiger partial charge in [-0.2, -0.15) is 4.98 Å². The minimum absolute atomic E-state index is 0.0364. The second kappa shape index (κ2) is 5.02. The molecule has 0 atom stereocenters. The predicted octanol–water partition coefficient (Wildman–Crippen LogP) is 2.93. The van der Waals surface area contributed by atoms with E-state index in [1.165, 1.54) is 16.8 Å². The number of rotatable bonds is 3. The lowest BCUT2D eigenvalue weighted by Crippen LogP contribution is -1.94. The number of nitro groups is 1. The van der Waals surface area contributed by atoms with Gasteiger partial charge in [0.05, 0.1) is 10.4 Å². The quantitative estimate of drug-likeness (QED) is 0.461. The maximum absolute atomic E-state index is 10.8. The molecule has 8 nitrogen and oxygen atoms in total. The van der Waals surface area contributed by atoms with E-state index in [9.17, 15) is 10.1 Å². The fourth-order valence-electron chi connectivity index (χ4n) is 2.32. The van der Waals surface area contributed by atoms with Crippen molar-refractivity contribution in [2.24, 2.45) is 0 Å². The minimum Gasteiger partial charge on any atom is -0.323 e. The molecule has 1 N–H and O–H groups in total. The summed E-state index contributed by atoms with van der Waals surface area (Å²) in [5.41, 5.74) is 2.21. The van der Waals surface area contributed by atoms with Crippen LogP contribution in [0.25, 0.3) is 16.6 Å². The summed E-state index contributed by atoms with van der Waals surface area (Å²) < 4.78 is 1.38. The van der Waals surface area contributed by atoms with Crippen molar-refractivity contribution in [1.82, 2.24) is 19.6 Å². The van der Waals surface area contributed by atoms with Crippen LogP contribution in [-0.2, 0) is 0 Å². The van der Waals surface area contributed by atoms with Gasteiger partial charge in [-0.25, -0.2) is 4.52 Å². The second-order valence-electron chi connectivity index (χ2n) is 4.92. The zero-order valence-corrected chi connectivity index (χ0v) is 11.7. The Morgan fingerprint density at radius 3 is 2.96 bits per heavy atom. The monoisotopic (exact) mass is 306 g/mol. The largest absolute Gasteiger partial charge is 0.323 e. The molecule has 0 saturated heterocycles. The van der Waals surface area contributed by atoms with Crippen molar-refractivity contribution in [3.05, 3.63) is 65.0 Å². The lowest BCUT2D eigenvalue weighted by Gasteiger charge is -2.03. The van der Waals surface area contributed by atoms with E-state index in [1.807, 2.05) is 30.3 Å². The summed E-state index contributed by atoms with van der Waals surface area (Å²) >= 11 is 0. The third-order valence-electron chi connectivity index (χ3n) is 3.39. The van der Waals surface area contributed by atoms with Crippen molar-refractivity contribution < 1.29 is 4.92 Å². The van der Waals surface area contributed by atoms with Crippen LogP contribution in [0.1, 0.15) is 0 Å². The zero-order valence-electron chi connectivity index (χ0n) is 11.7. The molecule has 4 rings (SSSR count). The van der Waals surface area contributed by atoms with Crippen LogP contribution < -0.4 is 5.32 Å². The normalized spacial score (nSPS) is 11.0. The van der Waals surface area contributed by atoms with Gasteiger partial charge in [-0.05, 0) is 30.3 Å². The highest BCUT2D eigenvalue weighted by Crippen LogP contribution is 2.20. The maximum atomic E-state index is 10.8. The lowest BCUT2D eigenvalue weighted by molar-refractivity contribution is -0.385. The first-order valence-corrected chi connectivity index (χ1v) is 6.82. The summed E-state index contributed by atoms with van der Waals surface area (Å²) in [7, 11) is 0. The molecule has 3 aromatic heterocycles. The van der Waals surface area contributed by atoms with Crippen molar-refractivity contribution in [2.45, 2.75) is 0 Å². The average Bonchev–Trinajstić information content (AvgIpc) is 2.96. The summed E-state index contributed by atoms with van der Waals surface area (Å²) in [5, 5.41) is 19.1. The van der Waals surface area contributed by atoms with Crippen LogP contribution in [0.5, 0.6) is 0 Å². The summed E-state index contributed by atoms with van der Waals surface area (Å²) in [6.45, 7) is 0. The van der Waals surface area contributed by atoms with Gasteiger partial charge in [-0.15, -0.1) is 5.10 Å². The van der Waals surface area contributed by atoms with E-state index in [2.05, 4.69) is 20.4 Å². The molecule has 0 aliphatic carbocycles. The Morgan fingerprint density at radius 1 is 1.17 bits per heavy atom. The molecule has 0 aliphatic heterocycles. The van der Waals surface area contributed by atoms with Crippen LogP contribution in [0.4, 0.5) is 17.3 Å². The fourth-order valence-corrected chi connectivity index (χ4v) is 2.32. The molecule has 0 radical (unpaired) electrons. The van der Waals surface area contributed by atoms with Crippen LogP contribution >= 0.6 is 0 Å². The molecule has 0 saturated carbocycles. The van der Waals surface area contributed by atoms with Gasteiger partial charge < -0.3 is 5.32 Å². The van der Waals surface area contributed by atoms with E-state index in [4.69, 9.17) is 0 Å². The second-order valence-corrected chi connectivity index (χ2v) is 4.92. The van der Waals surface area contributed by atoms with Crippen LogP contribution in [-0.4, -0.2) is 24.5 Å². The van der Waals surface area contributed by atoms with Crippen molar-refractivity contribution in [1.29, 1.82) is 0 Å². The van der Waals surface area contributed by atoms with Crippen molar-refractivity contribution in [2.75, 3.05) is 5.32 Å². The number of nitrogens with one attached hydrogen (secondary N) is 1. The van der Waals surface area contributed by atoms with Crippen LogP contribution in [0.15, 0.2) is 54.9 Å². The van der Waals surface area contributed by atoms with Crippen molar-refractivity contribution in [3.63, 3.8) is 0 Å². The Kier molecular flexibility index (Phi) is 2.87. The van der Waals surface area contributed by atoms with Gasteiger partial charge in [0, 0.05) is 23.3 Å². The third-order valence-corrected chi connectivity index (χ3v) is 3.39. The standard InChI is InChI=1S/C15H10N6O2/c22-21(23)12-4-6-14-18-15(19-20(14)9-12)17-11-3-5-13-10(8-11)2-1-7-16-13/h1-9H,(H,17,19). The summed E-state index contributed by atoms with van der Waals surface area (Å²) in [6.07, 6.45) is 3.07. The van der Waals surface area contributed by atoms with Crippen LogP contribution in [0.3, 0.4) is 0 Å². The number of pyridine rings is 2. The van der Waals surface area contributed by atoms with Gasteiger partial charge in [-0.1, -0.05) is 6.07 Å². The van der Waals surface area contributed by atoms with E-state index in [1.54, 1.807) is 12.3 Å². The summed E-state index contributed by atoms with van der Waals surface area (Å²) in [6, 6.07) is 12.5.